The molecule has 22 heavy (non-hydrogen) atoms. The van der Waals surface area contributed by atoms with Crippen LogP contribution >= 0.6 is 12.4 Å². The van der Waals surface area contributed by atoms with Gasteiger partial charge in [-0.1, -0.05) is 18.2 Å². The van der Waals surface area contributed by atoms with E-state index in [1.165, 1.54) is 0 Å². The number of hydrogen-bond acceptors (Lipinski definition) is 3. The fraction of sp³-hybridized carbons (Fsp3) is 0.471. The molecule has 2 aromatic rings. The molecule has 0 bridgehead atoms. The van der Waals surface area contributed by atoms with Crippen molar-refractivity contribution in [2.75, 3.05) is 13.1 Å². The first kappa shape index (κ1) is 16.8. The number of para-hydroxylation sites is 1. The van der Waals surface area contributed by atoms with Crippen LogP contribution in [-0.4, -0.2) is 36.0 Å². The summed E-state index contributed by atoms with van der Waals surface area (Å²) in [6.07, 6.45) is 0. The summed E-state index contributed by atoms with van der Waals surface area (Å²) < 4.78 is 5.92. The minimum absolute atomic E-state index is 0. The molecular weight excluding hydrogens is 300 g/mol. The van der Waals surface area contributed by atoms with E-state index in [0.717, 1.165) is 35.2 Å². The van der Waals surface area contributed by atoms with Gasteiger partial charge in [0.1, 0.15) is 5.58 Å². The SMILES string of the molecule is Cc1c(C(=O)N2CCNC(C)C2C)oc2c(C)cccc12.Cl. The number of rotatable bonds is 1. The molecule has 1 fully saturated rings. The summed E-state index contributed by atoms with van der Waals surface area (Å²) in [5, 5.41) is 4.43. The molecule has 0 radical (unpaired) electrons. The second-order valence-electron chi connectivity index (χ2n) is 5.99. The fourth-order valence-corrected chi connectivity index (χ4v) is 3.06. The lowest BCUT2D eigenvalue weighted by Crippen LogP contribution is -2.57. The Kier molecular flexibility index (Phi) is 4.83. The Balaban J connectivity index is 0.00000176. The number of carbonyl (C=O) groups is 1. The molecule has 0 aliphatic carbocycles. The van der Waals surface area contributed by atoms with E-state index in [2.05, 4.69) is 19.2 Å². The van der Waals surface area contributed by atoms with Crippen LogP contribution < -0.4 is 5.32 Å². The summed E-state index contributed by atoms with van der Waals surface area (Å²) in [6.45, 7) is 9.72. The molecule has 120 valence electrons. The maximum atomic E-state index is 12.9. The lowest BCUT2D eigenvalue weighted by Gasteiger charge is -2.38. The monoisotopic (exact) mass is 322 g/mol. The van der Waals surface area contributed by atoms with E-state index in [1.807, 2.05) is 36.9 Å². The van der Waals surface area contributed by atoms with E-state index >= 15 is 0 Å². The molecule has 2 atom stereocenters. The predicted octanol–water partition coefficient (Wildman–Crippen LogP) is 3.29. The van der Waals surface area contributed by atoms with Crippen molar-refractivity contribution in [1.29, 1.82) is 0 Å². The van der Waals surface area contributed by atoms with Crippen LogP contribution in [0.1, 0.15) is 35.5 Å². The van der Waals surface area contributed by atoms with E-state index in [4.69, 9.17) is 4.42 Å². The van der Waals surface area contributed by atoms with Crippen molar-refractivity contribution in [3.8, 4) is 0 Å². The maximum Gasteiger partial charge on any atom is 0.290 e. The largest absolute Gasteiger partial charge is 0.450 e. The topological polar surface area (TPSA) is 45.5 Å². The number of nitrogens with one attached hydrogen (secondary N) is 1. The number of halogens is 1. The van der Waals surface area contributed by atoms with Gasteiger partial charge in [0, 0.05) is 36.1 Å². The van der Waals surface area contributed by atoms with Crippen molar-refractivity contribution in [3.63, 3.8) is 0 Å². The Hall–Kier alpha value is -1.52. The Morgan fingerprint density at radius 1 is 1.32 bits per heavy atom. The highest BCUT2D eigenvalue weighted by Gasteiger charge is 2.31. The quantitative estimate of drug-likeness (QED) is 0.876. The molecule has 1 N–H and O–H groups in total. The third-order valence-electron chi connectivity index (χ3n) is 4.65. The van der Waals surface area contributed by atoms with Gasteiger partial charge < -0.3 is 14.6 Å². The molecule has 1 aromatic carbocycles. The first-order valence-corrected chi connectivity index (χ1v) is 7.53. The zero-order chi connectivity index (χ0) is 15.1. The number of fused-ring (bicyclic) bond motifs is 1. The number of nitrogens with zero attached hydrogens (tertiary/aromatic N) is 1. The van der Waals surface area contributed by atoms with Crippen LogP contribution in [-0.2, 0) is 0 Å². The highest BCUT2D eigenvalue weighted by atomic mass is 35.5. The Labute approximate surface area is 137 Å². The van der Waals surface area contributed by atoms with Crippen LogP contribution in [0.15, 0.2) is 22.6 Å². The van der Waals surface area contributed by atoms with Gasteiger partial charge in [-0.25, -0.2) is 0 Å². The van der Waals surface area contributed by atoms with E-state index < -0.39 is 0 Å². The van der Waals surface area contributed by atoms with Gasteiger partial charge in [0.05, 0.1) is 0 Å². The van der Waals surface area contributed by atoms with Gasteiger partial charge >= 0.3 is 0 Å². The molecule has 1 aliphatic rings. The lowest BCUT2D eigenvalue weighted by atomic mass is 10.1. The second kappa shape index (κ2) is 6.31. The van der Waals surface area contributed by atoms with E-state index in [-0.39, 0.29) is 24.4 Å². The van der Waals surface area contributed by atoms with Crippen LogP contribution in [0.5, 0.6) is 0 Å². The average molecular weight is 323 g/mol. The normalized spacial score (nSPS) is 21.7. The molecule has 5 heteroatoms. The number of amides is 1. The smallest absolute Gasteiger partial charge is 0.290 e. The number of piperazine rings is 1. The molecule has 1 aliphatic heterocycles. The van der Waals surface area contributed by atoms with Crippen LogP contribution in [0.25, 0.3) is 11.0 Å². The standard InChI is InChI=1S/C17H22N2O2.ClH/c1-10-6-5-7-14-11(2)16(21-15(10)14)17(20)19-9-8-18-12(3)13(19)4;/h5-7,12-13,18H,8-9H2,1-4H3;1H. The zero-order valence-corrected chi connectivity index (χ0v) is 14.3. The molecule has 1 aromatic heterocycles. The minimum atomic E-state index is 0. The third-order valence-corrected chi connectivity index (χ3v) is 4.65. The zero-order valence-electron chi connectivity index (χ0n) is 13.5. The first-order chi connectivity index (χ1) is 10.0. The number of furan rings is 1. The van der Waals surface area contributed by atoms with Crippen molar-refractivity contribution in [1.82, 2.24) is 10.2 Å². The molecule has 4 nitrogen and oxygen atoms in total. The average Bonchev–Trinajstić information content (AvgIpc) is 2.80. The Morgan fingerprint density at radius 3 is 2.73 bits per heavy atom. The summed E-state index contributed by atoms with van der Waals surface area (Å²) in [6, 6.07) is 6.50. The van der Waals surface area contributed by atoms with E-state index in [9.17, 15) is 4.79 Å². The summed E-state index contributed by atoms with van der Waals surface area (Å²) >= 11 is 0. The Morgan fingerprint density at radius 2 is 2.05 bits per heavy atom. The molecule has 2 heterocycles. The highest BCUT2D eigenvalue weighted by Crippen LogP contribution is 2.29. The first-order valence-electron chi connectivity index (χ1n) is 7.53. The summed E-state index contributed by atoms with van der Waals surface area (Å²) in [5.74, 6) is 0.490. The summed E-state index contributed by atoms with van der Waals surface area (Å²) in [7, 11) is 0. The highest BCUT2D eigenvalue weighted by molar-refractivity contribution is 5.99. The van der Waals surface area contributed by atoms with Gasteiger partial charge in [0.25, 0.3) is 5.91 Å². The third kappa shape index (κ3) is 2.61. The van der Waals surface area contributed by atoms with Crippen molar-refractivity contribution < 1.29 is 9.21 Å². The van der Waals surface area contributed by atoms with Gasteiger partial charge in [0.15, 0.2) is 5.76 Å². The molecular formula is C17H23ClN2O2. The van der Waals surface area contributed by atoms with Gasteiger partial charge in [-0.05, 0) is 33.3 Å². The minimum Gasteiger partial charge on any atom is -0.450 e. The van der Waals surface area contributed by atoms with Gasteiger partial charge in [-0.3, -0.25) is 4.79 Å². The lowest BCUT2D eigenvalue weighted by molar-refractivity contribution is 0.0572. The second-order valence-corrected chi connectivity index (χ2v) is 5.99. The van der Waals surface area contributed by atoms with Gasteiger partial charge in [-0.15, -0.1) is 12.4 Å². The molecule has 1 saturated heterocycles. The van der Waals surface area contributed by atoms with Gasteiger partial charge in [-0.2, -0.15) is 0 Å². The van der Waals surface area contributed by atoms with Crippen LogP contribution in [0.3, 0.4) is 0 Å². The maximum absolute atomic E-state index is 12.9. The summed E-state index contributed by atoms with van der Waals surface area (Å²) in [5.41, 5.74) is 2.84. The molecule has 3 rings (SSSR count). The number of benzene rings is 1. The number of aryl methyl sites for hydroxylation is 2. The van der Waals surface area contributed by atoms with Crippen molar-refractivity contribution in [2.24, 2.45) is 0 Å². The number of hydrogen-bond donors (Lipinski definition) is 1. The van der Waals surface area contributed by atoms with Crippen molar-refractivity contribution >= 4 is 29.3 Å². The van der Waals surface area contributed by atoms with Crippen molar-refractivity contribution in [3.05, 3.63) is 35.1 Å². The van der Waals surface area contributed by atoms with Crippen LogP contribution in [0.2, 0.25) is 0 Å². The predicted molar refractivity (Wildman–Crippen MR) is 90.9 cm³/mol. The molecule has 1 amide bonds. The van der Waals surface area contributed by atoms with Crippen LogP contribution in [0.4, 0.5) is 0 Å². The van der Waals surface area contributed by atoms with Crippen LogP contribution in [0, 0.1) is 13.8 Å². The fourth-order valence-electron chi connectivity index (χ4n) is 3.06. The van der Waals surface area contributed by atoms with E-state index in [0.29, 0.717) is 11.8 Å². The molecule has 0 saturated carbocycles. The Bertz CT molecular complexity index is 695. The van der Waals surface area contributed by atoms with E-state index in [1.54, 1.807) is 0 Å². The van der Waals surface area contributed by atoms with Gasteiger partial charge in [0.2, 0.25) is 0 Å². The molecule has 0 spiro atoms. The molecule has 2 unspecified atom stereocenters. The summed E-state index contributed by atoms with van der Waals surface area (Å²) in [4.78, 5) is 14.8. The number of carbonyl (C=O) groups excluding carboxylic acids is 1. The van der Waals surface area contributed by atoms with Crippen molar-refractivity contribution in [2.45, 2.75) is 39.8 Å².